The van der Waals surface area contributed by atoms with E-state index in [1.165, 1.54) is 12.8 Å². The van der Waals surface area contributed by atoms with Crippen LogP contribution < -0.4 is 5.32 Å². The molecule has 0 bridgehead atoms. The number of rotatable bonds is 2. The summed E-state index contributed by atoms with van der Waals surface area (Å²) in [5, 5.41) is 12.1. The van der Waals surface area contributed by atoms with Gasteiger partial charge in [-0.2, -0.15) is 0 Å². The van der Waals surface area contributed by atoms with Crippen LogP contribution in [0.1, 0.15) is 45.4 Å². The van der Waals surface area contributed by atoms with E-state index in [0.717, 1.165) is 32.5 Å². The molecule has 0 aromatic rings. The van der Waals surface area contributed by atoms with Crippen molar-refractivity contribution in [2.75, 3.05) is 19.6 Å². The molecular weight excluding hydrogens is 270 g/mol. The molecular formula is C15H25N3O3. The number of aliphatic carboxylic acids is 1. The van der Waals surface area contributed by atoms with Crippen molar-refractivity contribution in [3.05, 3.63) is 0 Å². The summed E-state index contributed by atoms with van der Waals surface area (Å²) < 4.78 is 0. The molecule has 2 amide bonds. The van der Waals surface area contributed by atoms with Crippen LogP contribution in [0.3, 0.4) is 0 Å². The Morgan fingerprint density at radius 3 is 2.57 bits per heavy atom. The molecule has 0 spiro atoms. The molecule has 2 atom stereocenters. The van der Waals surface area contributed by atoms with E-state index in [2.05, 4.69) is 17.1 Å². The number of amides is 2. The average Bonchev–Trinajstić information content (AvgIpc) is 2.41. The fraction of sp³-hybridized carbons (Fsp3) is 0.867. The fourth-order valence-corrected chi connectivity index (χ4v) is 3.83. The third-order valence-electron chi connectivity index (χ3n) is 5.41. The van der Waals surface area contributed by atoms with Crippen molar-refractivity contribution in [2.24, 2.45) is 0 Å². The molecule has 0 radical (unpaired) electrons. The molecule has 21 heavy (non-hydrogen) atoms. The molecule has 2 unspecified atom stereocenters. The predicted octanol–water partition coefficient (Wildman–Crippen LogP) is 1.26. The maximum Gasteiger partial charge on any atom is 0.329 e. The van der Waals surface area contributed by atoms with Gasteiger partial charge in [0.05, 0.1) is 0 Å². The second-order valence-corrected chi connectivity index (χ2v) is 6.82. The summed E-state index contributed by atoms with van der Waals surface area (Å²) in [6.07, 6.45) is 5.58. The highest BCUT2D eigenvalue weighted by molar-refractivity contribution is 5.87. The van der Waals surface area contributed by atoms with E-state index in [0.29, 0.717) is 18.9 Å². The van der Waals surface area contributed by atoms with E-state index in [4.69, 9.17) is 0 Å². The first-order valence-corrected chi connectivity index (χ1v) is 8.08. The summed E-state index contributed by atoms with van der Waals surface area (Å²) in [4.78, 5) is 28.2. The standard InChI is InChI=1S/C15H25N3O3/c1-11-9-17-8-3-2-5-12(17)10-18(11)14(21)16-15(13(19)20)6-4-7-15/h11-12H,2-10H2,1H3,(H,16,21)(H,19,20). The highest BCUT2D eigenvalue weighted by Gasteiger charge is 2.47. The number of fused-ring (bicyclic) bond motifs is 1. The number of nitrogens with zero attached hydrogens (tertiary/aromatic N) is 2. The normalized spacial score (nSPS) is 32.0. The zero-order valence-electron chi connectivity index (χ0n) is 12.7. The van der Waals surface area contributed by atoms with Crippen LogP contribution in [-0.4, -0.2) is 64.2 Å². The molecule has 2 saturated heterocycles. The molecule has 3 aliphatic rings. The summed E-state index contributed by atoms with van der Waals surface area (Å²) in [7, 11) is 0. The molecule has 1 saturated carbocycles. The van der Waals surface area contributed by atoms with E-state index in [1.54, 1.807) is 0 Å². The zero-order chi connectivity index (χ0) is 15.0. The summed E-state index contributed by atoms with van der Waals surface area (Å²) in [5.41, 5.74) is -1.01. The van der Waals surface area contributed by atoms with Crippen LogP contribution in [0.25, 0.3) is 0 Å². The smallest absolute Gasteiger partial charge is 0.329 e. The van der Waals surface area contributed by atoms with Crippen molar-refractivity contribution in [1.82, 2.24) is 15.1 Å². The third-order valence-corrected chi connectivity index (χ3v) is 5.41. The van der Waals surface area contributed by atoms with Crippen molar-refractivity contribution in [2.45, 2.75) is 63.1 Å². The van der Waals surface area contributed by atoms with Crippen molar-refractivity contribution < 1.29 is 14.7 Å². The number of urea groups is 1. The lowest BCUT2D eigenvalue weighted by molar-refractivity contribution is -0.148. The molecule has 1 aliphatic carbocycles. The van der Waals surface area contributed by atoms with E-state index >= 15 is 0 Å². The van der Waals surface area contributed by atoms with E-state index < -0.39 is 11.5 Å². The van der Waals surface area contributed by atoms with Gasteiger partial charge in [-0.15, -0.1) is 0 Å². The van der Waals surface area contributed by atoms with Crippen LogP contribution in [0.5, 0.6) is 0 Å². The number of hydrogen-bond acceptors (Lipinski definition) is 3. The SMILES string of the molecule is CC1CN2CCCCC2CN1C(=O)NC1(C(=O)O)CCC1. The van der Waals surface area contributed by atoms with E-state index in [1.807, 2.05) is 4.90 Å². The van der Waals surface area contributed by atoms with E-state index in [9.17, 15) is 14.7 Å². The van der Waals surface area contributed by atoms with Gasteiger partial charge in [0.15, 0.2) is 0 Å². The van der Waals surface area contributed by atoms with Crippen molar-refractivity contribution in [3.63, 3.8) is 0 Å². The molecule has 0 aromatic carbocycles. The van der Waals surface area contributed by atoms with Crippen LogP contribution in [0.15, 0.2) is 0 Å². The second kappa shape index (κ2) is 5.48. The average molecular weight is 295 g/mol. The highest BCUT2D eigenvalue weighted by atomic mass is 16.4. The van der Waals surface area contributed by atoms with Crippen LogP contribution in [0.2, 0.25) is 0 Å². The molecule has 2 N–H and O–H groups in total. The van der Waals surface area contributed by atoms with Crippen LogP contribution in [0, 0.1) is 0 Å². The lowest BCUT2D eigenvalue weighted by Gasteiger charge is -2.48. The minimum absolute atomic E-state index is 0.144. The first kappa shape index (κ1) is 14.6. The first-order valence-electron chi connectivity index (χ1n) is 8.08. The maximum atomic E-state index is 12.5. The Hall–Kier alpha value is -1.30. The number of carboxylic acids is 1. The molecule has 118 valence electrons. The molecule has 6 heteroatoms. The second-order valence-electron chi connectivity index (χ2n) is 6.82. The number of piperidine rings is 1. The Kier molecular flexibility index (Phi) is 3.82. The first-order chi connectivity index (χ1) is 10.0. The molecule has 3 fully saturated rings. The Labute approximate surface area is 125 Å². The van der Waals surface area contributed by atoms with Gasteiger partial charge >= 0.3 is 12.0 Å². The number of carbonyl (C=O) groups excluding carboxylic acids is 1. The molecule has 3 rings (SSSR count). The Morgan fingerprint density at radius 1 is 1.19 bits per heavy atom. The molecule has 6 nitrogen and oxygen atoms in total. The van der Waals surface area contributed by atoms with E-state index in [-0.39, 0.29) is 12.1 Å². The number of carbonyl (C=O) groups is 2. The minimum Gasteiger partial charge on any atom is -0.480 e. The third kappa shape index (κ3) is 2.61. The number of carboxylic acid groups (broad SMARTS) is 1. The Balaban J connectivity index is 1.65. The largest absolute Gasteiger partial charge is 0.480 e. The number of hydrogen-bond donors (Lipinski definition) is 2. The summed E-state index contributed by atoms with van der Waals surface area (Å²) in [5.74, 6) is -0.897. The molecule has 2 heterocycles. The van der Waals surface area contributed by atoms with Gasteiger partial charge in [0.2, 0.25) is 0 Å². The Morgan fingerprint density at radius 2 is 1.95 bits per heavy atom. The van der Waals surface area contributed by atoms with Gasteiger partial charge in [-0.25, -0.2) is 9.59 Å². The lowest BCUT2D eigenvalue weighted by atomic mass is 9.77. The molecule has 0 aromatic heterocycles. The Bertz CT molecular complexity index is 436. The zero-order valence-corrected chi connectivity index (χ0v) is 12.7. The quantitative estimate of drug-likeness (QED) is 0.804. The van der Waals surface area contributed by atoms with Gasteiger partial charge in [-0.3, -0.25) is 4.90 Å². The fourth-order valence-electron chi connectivity index (χ4n) is 3.83. The number of nitrogens with one attached hydrogen (secondary N) is 1. The lowest BCUT2D eigenvalue weighted by Crippen LogP contribution is -2.66. The van der Waals surface area contributed by atoms with Gasteiger partial charge in [0.25, 0.3) is 0 Å². The van der Waals surface area contributed by atoms with Crippen molar-refractivity contribution in [3.8, 4) is 0 Å². The van der Waals surface area contributed by atoms with Crippen LogP contribution in [-0.2, 0) is 4.79 Å². The maximum absolute atomic E-state index is 12.5. The summed E-state index contributed by atoms with van der Waals surface area (Å²) >= 11 is 0. The van der Waals surface area contributed by atoms with Gasteiger partial charge in [0, 0.05) is 25.2 Å². The number of piperazine rings is 1. The van der Waals surface area contributed by atoms with Gasteiger partial charge in [-0.1, -0.05) is 6.42 Å². The van der Waals surface area contributed by atoms with Crippen molar-refractivity contribution >= 4 is 12.0 Å². The van der Waals surface area contributed by atoms with Crippen LogP contribution in [0.4, 0.5) is 4.79 Å². The minimum atomic E-state index is -1.01. The topological polar surface area (TPSA) is 72.9 Å². The predicted molar refractivity (Wildman–Crippen MR) is 78.1 cm³/mol. The van der Waals surface area contributed by atoms with Gasteiger partial charge in [-0.05, 0) is 45.6 Å². The summed E-state index contributed by atoms with van der Waals surface area (Å²) in [6, 6.07) is 0.392. The summed E-state index contributed by atoms with van der Waals surface area (Å²) in [6.45, 7) is 4.81. The highest BCUT2D eigenvalue weighted by Crippen LogP contribution is 2.33. The van der Waals surface area contributed by atoms with Crippen molar-refractivity contribution in [1.29, 1.82) is 0 Å². The van der Waals surface area contributed by atoms with Crippen LogP contribution >= 0.6 is 0 Å². The monoisotopic (exact) mass is 295 g/mol. The van der Waals surface area contributed by atoms with Gasteiger partial charge < -0.3 is 15.3 Å². The van der Waals surface area contributed by atoms with Gasteiger partial charge in [0.1, 0.15) is 5.54 Å². The molecule has 2 aliphatic heterocycles.